The summed E-state index contributed by atoms with van der Waals surface area (Å²) in [5, 5.41) is 0. The molecule has 0 aromatic heterocycles. The molecule has 0 amide bonds. The van der Waals surface area contributed by atoms with Gasteiger partial charge >= 0.3 is 0 Å². The van der Waals surface area contributed by atoms with Crippen molar-refractivity contribution in [3.8, 4) is 11.5 Å². The SMILES string of the molecule is CCc1ccc(Oc2ccc(F)cc2C=O)cc1. The smallest absolute Gasteiger partial charge is 0.153 e. The van der Waals surface area contributed by atoms with Crippen LogP contribution < -0.4 is 4.74 Å². The summed E-state index contributed by atoms with van der Waals surface area (Å²) in [5.74, 6) is 0.531. The van der Waals surface area contributed by atoms with Crippen LogP contribution in [0.15, 0.2) is 42.5 Å². The van der Waals surface area contributed by atoms with Gasteiger partial charge in [0.2, 0.25) is 0 Å². The number of aldehydes is 1. The van der Waals surface area contributed by atoms with Crippen molar-refractivity contribution >= 4 is 6.29 Å². The molecule has 2 aromatic carbocycles. The summed E-state index contributed by atoms with van der Waals surface area (Å²) in [4.78, 5) is 10.8. The maximum Gasteiger partial charge on any atom is 0.153 e. The predicted octanol–water partition coefficient (Wildman–Crippen LogP) is 3.99. The summed E-state index contributed by atoms with van der Waals surface area (Å²) in [6, 6.07) is 11.4. The number of ether oxygens (including phenoxy) is 1. The molecule has 0 atom stereocenters. The Morgan fingerprint density at radius 2 is 1.89 bits per heavy atom. The number of rotatable bonds is 4. The van der Waals surface area contributed by atoms with Gasteiger partial charge in [-0.15, -0.1) is 0 Å². The Balaban J connectivity index is 2.24. The lowest BCUT2D eigenvalue weighted by atomic mass is 10.1. The second kappa shape index (κ2) is 5.45. The molecule has 0 N–H and O–H groups in total. The molecular weight excluding hydrogens is 231 g/mol. The highest BCUT2D eigenvalue weighted by molar-refractivity contribution is 5.79. The van der Waals surface area contributed by atoms with E-state index in [9.17, 15) is 9.18 Å². The predicted molar refractivity (Wildman–Crippen MR) is 67.7 cm³/mol. The van der Waals surface area contributed by atoms with Crippen LogP contribution in [0.2, 0.25) is 0 Å². The molecule has 0 fully saturated rings. The molecule has 3 heteroatoms. The van der Waals surface area contributed by atoms with Crippen LogP contribution >= 0.6 is 0 Å². The van der Waals surface area contributed by atoms with E-state index in [-0.39, 0.29) is 5.56 Å². The Labute approximate surface area is 105 Å². The minimum Gasteiger partial charge on any atom is -0.457 e. The van der Waals surface area contributed by atoms with E-state index in [1.165, 1.54) is 17.7 Å². The number of hydrogen-bond acceptors (Lipinski definition) is 2. The van der Waals surface area contributed by atoms with Crippen molar-refractivity contribution < 1.29 is 13.9 Å². The lowest BCUT2D eigenvalue weighted by Gasteiger charge is -2.08. The van der Waals surface area contributed by atoms with Crippen LogP contribution in [0, 0.1) is 5.82 Å². The van der Waals surface area contributed by atoms with Gasteiger partial charge in [-0.3, -0.25) is 4.79 Å². The summed E-state index contributed by atoms with van der Waals surface area (Å²) >= 11 is 0. The fourth-order valence-corrected chi connectivity index (χ4v) is 1.62. The highest BCUT2D eigenvalue weighted by Gasteiger charge is 2.05. The summed E-state index contributed by atoms with van der Waals surface area (Å²) in [6.07, 6.45) is 1.54. The van der Waals surface area contributed by atoms with Crippen molar-refractivity contribution in [3.63, 3.8) is 0 Å². The Morgan fingerprint density at radius 1 is 1.17 bits per heavy atom. The van der Waals surface area contributed by atoms with Gasteiger partial charge in [-0.05, 0) is 42.3 Å². The molecule has 0 heterocycles. The zero-order chi connectivity index (χ0) is 13.0. The summed E-state index contributed by atoms with van der Waals surface area (Å²) in [7, 11) is 0. The van der Waals surface area contributed by atoms with E-state index in [4.69, 9.17) is 4.74 Å². The number of hydrogen-bond donors (Lipinski definition) is 0. The zero-order valence-corrected chi connectivity index (χ0v) is 10.0. The lowest BCUT2D eigenvalue weighted by molar-refractivity contribution is 0.112. The molecule has 0 radical (unpaired) electrons. The number of aryl methyl sites for hydroxylation is 1. The first-order valence-electron chi connectivity index (χ1n) is 5.74. The van der Waals surface area contributed by atoms with Gasteiger partial charge in [-0.2, -0.15) is 0 Å². The molecule has 2 aromatic rings. The molecule has 0 bridgehead atoms. The summed E-state index contributed by atoms with van der Waals surface area (Å²) in [6.45, 7) is 2.07. The average Bonchev–Trinajstić information content (AvgIpc) is 2.41. The van der Waals surface area contributed by atoms with Gasteiger partial charge in [0.15, 0.2) is 6.29 Å². The molecule has 0 spiro atoms. The van der Waals surface area contributed by atoms with Gasteiger partial charge in [0.05, 0.1) is 5.56 Å². The third-order valence-corrected chi connectivity index (χ3v) is 2.66. The van der Waals surface area contributed by atoms with Crippen molar-refractivity contribution in [2.75, 3.05) is 0 Å². The Hall–Kier alpha value is -2.16. The third-order valence-electron chi connectivity index (χ3n) is 2.66. The monoisotopic (exact) mass is 244 g/mol. The molecule has 0 unspecified atom stereocenters. The molecule has 2 nitrogen and oxygen atoms in total. The van der Waals surface area contributed by atoms with E-state index >= 15 is 0 Å². The van der Waals surface area contributed by atoms with Crippen LogP contribution in [0.25, 0.3) is 0 Å². The molecule has 0 aliphatic heterocycles. The van der Waals surface area contributed by atoms with Gasteiger partial charge in [0, 0.05) is 0 Å². The van der Waals surface area contributed by atoms with Crippen LogP contribution in [0.3, 0.4) is 0 Å². The van der Waals surface area contributed by atoms with E-state index in [2.05, 4.69) is 6.92 Å². The first-order chi connectivity index (χ1) is 8.72. The number of carbonyl (C=O) groups is 1. The van der Waals surface area contributed by atoms with E-state index in [1.54, 1.807) is 0 Å². The largest absolute Gasteiger partial charge is 0.457 e. The summed E-state index contributed by atoms with van der Waals surface area (Å²) in [5.41, 5.74) is 1.41. The molecule has 0 aliphatic rings. The van der Waals surface area contributed by atoms with Crippen LogP contribution in [0.1, 0.15) is 22.8 Å². The Kier molecular flexibility index (Phi) is 3.72. The van der Waals surface area contributed by atoms with Gasteiger partial charge < -0.3 is 4.74 Å². The van der Waals surface area contributed by atoms with E-state index in [1.807, 2.05) is 24.3 Å². The van der Waals surface area contributed by atoms with Gasteiger partial charge in [0.25, 0.3) is 0 Å². The van der Waals surface area contributed by atoms with Gasteiger partial charge in [-0.1, -0.05) is 19.1 Å². The van der Waals surface area contributed by atoms with Crippen LogP contribution in [0.5, 0.6) is 11.5 Å². The first kappa shape index (κ1) is 12.3. The van der Waals surface area contributed by atoms with E-state index in [0.717, 1.165) is 12.5 Å². The quantitative estimate of drug-likeness (QED) is 0.760. The second-order valence-electron chi connectivity index (χ2n) is 3.90. The number of halogens is 1. The van der Waals surface area contributed by atoms with E-state index in [0.29, 0.717) is 17.8 Å². The highest BCUT2D eigenvalue weighted by Crippen LogP contribution is 2.25. The minimum atomic E-state index is -0.453. The molecule has 0 aliphatic carbocycles. The van der Waals surface area contributed by atoms with Crippen molar-refractivity contribution in [2.45, 2.75) is 13.3 Å². The molecule has 0 saturated heterocycles. The molecule has 2 rings (SSSR count). The topological polar surface area (TPSA) is 26.3 Å². The van der Waals surface area contributed by atoms with Gasteiger partial charge in [0.1, 0.15) is 17.3 Å². The maximum absolute atomic E-state index is 13.0. The van der Waals surface area contributed by atoms with E-state index < -0.39 is 5.82 Å². The fraction of sp³-hybridized carbons (Fsp3) is 0.133. The zero-order valence-electron chi connectivity index (χ0n) is 10.0. The van der Waals surface area contributed by atoms with Gasteiger partial charge in [-0.25, -0.2) is 4.39 Å². The number of carbonyl (C=O) groups excluding carboxylic acids is 1. The normalized spacial score (nSPS) is 10.1. The minimum absolute atomic E-state index is 0.203. The average molecular weight is 244 g/mol. The van der Waals surface area contributed by atoms with Crippen molar-refractivity contribution in [3.05, 3.63) is 59.4 Å². The van der Waals surface area contributed by atoms with Crippen LogP contribution in [-0.4, -0.2) is 6.29 Å². The highest BCUT2D eigenvalue weighted by atomic mass is 19.1. The van der Waals surface area contributed by atoms with Crippen LogP contribution in [-0.2, 0) is 6.42 Å². The Bertz CT molecular complexity index is 547. The number of benzene rings is 2. The van der Waals surface area contributed by atoms with Crippen molar-refractivity contribution in [1.29, 1.82) is 0 Å². The Morgan fingerprint density at radius 3 is 2.50 bits per heavy atom. The molecule has 0 saturated carbocycles. The third kappa shape index (κ3) is 2.74. The van der Waals surface area contributed by atoms with Crippen molar-refractivity contribution in [1.82, 2.24) is 0 Å². The maximum atomic E-state index is 13.0. The molecule has 18 heavy (non-hydrogen) atoms. The second-order valence-corrected chi connectivity index (χ2v) is 3.90. The fourth-order valence-electron chi connectivity index (χ4n) is 1.62. The first-order valence-corrected chi connectivity index (χ1v) is 5.74. The van der Waals surface area contributed by atoms with Crippen molar-refractivity contribution in [2.24, 2.45) is 0 Å². The molecular formula is C15H13FO2. The molecule has 92 valence electrons. The standard InChI is InChI=1S/C15H13FO2/c1-2-11-3-6-14(7-4-11)18-15-8-5-13(16)9-12(15)10-17/h3-10H,2H2,1H3. The van der Waals surface area contributed by atoms with Crippen LogP contribution in [0.4, 0.5) is 4.39 Å². The summed E-state index contributed by atoms with van der Waals surface area (Å²) < 4.78 is 18.5. The lowest BCUT2D eigenvalue weighted by Crippen LogP contribution is -1.92.